The molecule has 0 N–H and O–H groups in total. The monoisotopic (exact) mass is 751 g/mol. The Bertz CT molecular complexity index is 3030. The summed E-state index contributed by atoms with van der Waals surface area (Å²) in [7, 11) is 0. The van der Waals surface area contributed by atoms with Gasteiger partial charge >= 0.3 is 6.85 Å². The van der Waals surface area contributed by atoms with Gasteiger partial charge in [-0.25, -0.2) is 0 Å². The quantitative estimate of drug-likeness (QED) is 0.167. The lowest BCUT2D eigenvalue weighted by Gasteiger charge is -2.41. The van der Waals surface area contributed by atoms with E-state index >= 15 is 0 Å². The first kappa shape index (κ1) is 34.8. The fourth-order valence-electron chi connectivity index (χ4n) is 9.68. The third kappa shape index (κ3) is 5.08. The minimum atomic E-state index is -0.101. The molecule has 9 aromatic rings. The Morgan fingerprint density at radius 1 is 0.552 bits per heavy atom. The van der Waals surface area contributed by atoms with Gasteiger partial charge in [0.05, 0.1) is 5.39 Å². The number of furan rings is 1. The Morgan fingerprint density at radius 3 is 1.84 bits per heavy atom. The van der Waals surface area contributed by atoms with Crippen LogP contribution in [0.2, 0.25) is 0 Å². The normalized spacial score (nSPS) is 13.4. The Hall–Kier alpha value is -6.46. The standard InChI is InChI=1S/C53H46BN3O/c1-33-30-43-40-17-13-18-42-48-41-16-11-12-19-47(41)58-51(48)57(50(40)42)54-44-29-28-39(32-45(44)56(46(31-33)49(43)54)36-14-9-8-10-15-36)55(37-24-20-34(21-25-37)52(2,3)4)38-26-22-35(23-27-38)53(5,6)7/h8-32H,1-7H3. The van der Waals surface area contributed by atoms with Crippen LogP contribution in [-0.2, 0) is 10.8 Å². The molecule has 7 aromatic carbocycles. The van der Waals surface area contributed by atoms with Crippen LogP contribution >= 0.6 is 0 Å². The van der Waals surface area contributed by atoms with Crippen LogP contribution in [0.25, 0.3) is 44.1 Å². The molecule has 5 heteroatoms. The topological polar surface area (TPSA) is 24.6 Å². The van der Waals surface area contributed by atoms with Gasteiger partial charge in [0.2, 0.25) is 0 Å². The van der Waals surface area contributed by atoms with Crippen molar-refractivity contribution in [2.45, 2.75) is 59.3 Å². The van der Waals surface area contributed by atoms with Crippen LogP contribution in [-0.4, -0.2) is 11.3 Å². The molecule has 2 aliphatic rings. The van der Waals surface area contributed by atoms with Crippen molar-refractivity contribution in [1.29, 1.82) is 0 Å². The molecule has 0 fully saturated rings. The molecular weight excluding hydrogens is 705 g/mol. The maximum absolute atomic E-state index is 6.90. The fraction of sp³-hybridized carbons (Fsp3) is 0.170. The van der Waals surface area contributed by atoms with Crippen LogP contribution in [0, 0.1) is 6.92 Å². The highest BCUT2D eigenvalue weighted by atomic mass is 16.3. The summed E-state index contributed by atoms with van der Waals surface area (Å²) in [6.45, 7) is 15.8. The van der Waals surface area contributed by atoms with Crippen LogP contribution in [0.1, 0.15) is 58.2 Å². The van der Waals surface area contributed by atoms with E-state index in [1.165, 1.54) is 60.7 Å². The lowest BCUT2D eigenvalue weighted by molar-refractivity contribution is 0.590. The van der Waals surface area contributed by atoms with Crippen molar-refractivity contribution in [3.63, 3.8) is 0 Å². The highest BCUT2D eigenvalue weighted by molar-refractivity contribution is 6.90. The number of rotatable bonds is 4. The first-order valence-electron chi connectivity index (χ1n) is 20.6. The van der Waals surface area contributed by atoms with Crippen molar-refractivity contribution in [1.82, 2.24) is 4.48 Å². The van der Waals surface area contributed by atoms with Gasteiger partial charge < -0.3 is 18.7 Å². The predicted octanol–water partition coefficient (Wildman–Crippen LogP) is 13.3. The summed E-state index contributed by atoms with van der Waals surface area (Å²) in [5, 5.41) is 3.58. The first-order chi connectivity index (χ1) is 28.0. The Morgan fingerprint density at radius 2 is 1.17 bits per heavy atom. The molecule has 11 rings (SSSR count). The number of hydrogen-bond acceptors (Lipinski definition) is 3. The van der Waals surface area contributed by atoms with Crippen molar-refractivity contribution >= 4 is 84.9 Å². The van der Waals surface area contributed by atoms with E-state index in [1.807, 2.05) is 0 Å². The third-order valence-electron chi connectivity index (χ3n) is 12.5. The number of nitrogens with zero attached hydrogens (tertiary/aromatic N) is 3. The number of fused-ring (bicyclic) bond motifs is 9. The van der Waals surface area contributed by atoms with Gasteiger partial charge in [0.15, 0.2) is 5.71 Å². The van der Waals surface area contributed by atoms with E-state index in [1.54, 1.807) is 0 Å². The molecule has 0 amide bonds. The summed E-state index contributed by atoms with van der Waals surface area (Å²) in [5.74, 6) is 0. The van der Waals surface area contributed by atoms with E-state index in [-0.39, 0.29) is 17.7 Å². The molecule has 282 valence electrons. The summed E-state index contributed by atoms with van der Waals surface area (Å²) >= 11 is 0. The van der Waals surface area contributed by atoms with Gasteiger partial charge in [-0.1, -0.05) is 133 Å². The number of anilines is 6. The minimum Gasteiger partial charge on any atom is -0.441 e. The molecule has 0 saturated heterocycles. The Balaban J connectivity index is 1.20. The largest absolute Gasteiger partial charge is 0.441 e. The molecular formula is C53H46BN3O. The molecule has 0 saturated carbocycles. The van der Waals surface area contributed by atoms with Crippen LogP contribution in [0.4, 0.5) is 34.1 Å². The van der Waals surface area contributed by atoms with Gasteiger partial charge in [0.1, 0.15) is 5.58 Å². The zero-order valence-electron chi connectivity index (χ0n) is 34.3. The van der Waals surface area contributed by atoms with Gasteiger partial charge in [0, 0.05) is 56.0 Å². The molecule has 0 bridgehead atoms. The highest BCUT2D eigenvalue weighted by Crippen LogP contribution is 2.48. The number of para-hydroxylation sites is 3. The molecule has 2 aromatic heterocycles. The molecule has 0 atom stereocenters. The summed E-state index contributed by atoms with van der Waals surface area (Å²) in [6, 6.07) is 56.3. The Labute approximate surface area is 341 Å². The van der Waals surface area contributed by atoms with Crippen molar-refractivity contribution in [2.75, 3.05) is 9.80 Å². The number of benzene rings is 7. The molecule has 0 unspecified atom stereocenters. The van der Waals surface area contributed by atoms with Crippen LogP contribution < -0.4 is 20.7 Å². The summed E-state index contributed by atoms with van der Waals surface area (Å²) in [4.78, 5) is 4.91. The highest BCUT2D eigenvalue weighted by Gasteiger charge is 2.44. The lowest BCUT2D eigenvalue weighted by Crippen LogP contribution is -2.56. The molecule has 2 aliphatic heterocycles. The average Bonchev–Trinajstić information content (AvgIpc) is 3.75. The summed E-state index contributed by atoms with van der Waals surface area (Å²) < 4.78 is 9.41. The zero-order valence-corrected chi connectivity index (χ0v) is 34.3. The molecule has 0 aliphatic carbocycles. The minimum absolute atomic E-state index is 0.0534. The number of aromatic nitrogens is 1. The number of aryl methyl sites for hydroxylation is 1. The van der Waals surface area contributed by atoms with Crippen LogP contribution in [0.3, 0.4) is 0 Å². The van der Waals surface area contributed by atoms with E-state index < -0.39 is 0 Å². The number of hydrogen-bond donors (Lipinski definition) is 0. The predicted molar refractivity (Wildman–Crippen MR) is 247 cm³/mol. The van der Waals surface area contributed by atoms with E-state index in [0.29, 0.717) is 0 Å². The fourth-order valence-corrected chi connectivity index (χ4v) is 9.68. The van der Waals surface area contributed by atoms with Gasteiger partial charge in [-0.05, 0) is 112 Å². The van der Waals surface area contributed by atoms with E-state index in [4.69, 9.17) is 4.42 Å². The molecule has 4 heterocycles. The molecule has 58 heavy (non-hydrogen) atoms. The van der Waals surface area contributed by atoms with Gasteiger partial charge in [-0.2, -0.15) is 0 Å². The second-order valence-corrected chi connectivity index (χ2v) is 18.3. The SMILES string of the molecule is Cc1cc2c3c(c1)N(c1ccccc1)c1cc(N(c4ccc(C(C)(C)C)cc4)c4ccc(C(C)(C)C)cc4)ccc1B3n1c3oc4ccccc4c3c3cccc-2c31. The van der Waals surface area contributed by atoms with Crippen molar-refractivity contribution < 1.29 is 4.42 Å². The van der Waals surface area contributed by atoms with E-state index in [9.17, 15) is 0 Å². The van der Waals surface area contributed by atoms with Gasteiger partial charge in [0.25, 0.3) is 0 Å². The maximum atomic E-state index is 6.90. The van der Waals surface area contributed by atoms with Crippen molar-refractivity contribution in [3.05, 3.63) is 168 Å². The average molecular weight is 752 g/mol. The third-order valence-corrected chi connectivity index (χ3v) is 12.5. The summed E-state index contributed by atoms with van der Waals surface area (Å²) in [5.41, 5.74) is 19.0. The second-order valence-electron chi connectivity index (χ2n) is 18.3. The summed E-state index contributed by atoms with van der Waals surface area (Å²) in [6.07, 6.45) is 0. The second kappa shape index (κ2) is 12.3. The van der Waals surface area contributed by atoms with Gasteiger partial charge in [-0.15, -0.1) is 0 Å². The maximum Gasteiger partial charge on any atom is 0.336 e. The van der Waals surface area contributed by atoms with Crippen LogP contribution in [0.5, 0.6) is 0 Å². The van der Waals surface area contributed by atoms with E-state index in [0.717, 1.165) is 45.1 Å². The van der Waals surface area contributed by atoms with E-state index in [2.05, 4.69) is 214 Å². The van der Waals surface area contributed by atoms with Crippen molar-refractivity contribution in [3.8, 4) is 11.1 Å². The zero-order chi connectivity index (χ0) is 39.7. The smallest absolute Gasteiger partial charge is 0.336 e. The molecule has 0 radical (unpaired) electrons. The molecule has 0 spiro atoms. The van der Waals surface area contributed by atoms with Gasteiger partial charge in [-0.3, -0.25) is 0 Å². The van der Waals surface area contributed by atoms with Crippen LogP contribution in [0.15, 0.2) is 156 Å². The lowest BCUT2D eigenvalue weighted by atomic mass is 9.45. The Kier molecular flexibility index (Phi) is 7.36. The van der Waals surface area contributed by atoms with Crippen molar-refractivity contribution in [2.24, 2.45) is 0 Å². The molecule has 4 nitrogen and oxygen atoms in total. The first-order valence-corrected chi connectivity index (χ1v) is 20.6.